The second-order valence-corrected chi connectivity index (χ2v) is 6.77. The van der Waals surface area contributed by atoms with Crippen LogP contribution in [0.5, 0.6) is 0 Å². The first-order valence-corrected chi connectivity index (χ1v) is 9.48. The van der Waals surface area contributed by atoms with Crippen molar-refractivity contribution in [3.8, 4) is 11.3 Å². The molecule has 2 N–H and O–H groups in total. The molecule has 2 heterocycles. The highest BCUT2D eigenvalue weighted by Crippen LogP contribution is 2.37. The maximum atomic E-state index is 12.6. The highest BCUT2D eigenvalue weighted by Gasteiger charge is 2.34. The van der Waals surface area contributed by atoms with Gasteiger partial charge < -0.3 is 24.7 Å². The fraction of sp³-hybridized carbons (Fsp3) is 0.381. The van der Waals surface area contributed by atoms with Gasteiger partial charge in [0.2, 0.25) is 5.91 Å². The summed E-state index contributed by atoms with van der Waals surface area (Å²) < 4.78 is 11.9. The third-order valence-corrected chi connectivity index (χ3v) is 4.97. The van der Waals surface area contributed by atoms with E-state index in [9.17, 15) is 14.4 Å². The van der Waals surface area contributed by atoms with E-state index in [1.54, 1.807) is 25.2 Å². The number of amides is 1. The average Bonchev–Trinajstić information content (AvgIpc) is 3.31. The van der Waals surface area contributed by atoms with E-state index in [0.29, 0.717) is 37.3 Å². The number of nitrogens with zero attached hydrogens (tertiary/aromatic N) is 1. The molecule has 29 heavy (non-hydrogen) atoms. The average molecular weight is 399 g/mol. The quantitative estimate of drug-likeness (QED) is 0.693. The van der Waals surface area contributed by atoms with Crippen molar-refractivity contribution in [2.75, 3.05) is 33.1 Å². The Hall–Kier alpha value is -3.13. The molecule has 0 radical (unpaired) electrons. The lowest BCUT2D eigenvalue weighted by molar-refractivity contribution is -0.116. The number of esters is 2. The van der Waals surface area contributed by atoms with Crippen LogP contribution in [0.2, 0.25) is 0 Å². The molecule has 0 bridgehead atoms. The zero-order valence-corrected chi connectivity index (χ0v) is 16.8. The van der Waals surface area contributed by atoms with Crippen LogP contribution in [-0.2, 0) is 27.2 Å². The van der Waals surface area contributed by atoms with Crippen LogP contribution < -0.4 is 10.6 Å². The molecule has 0 aliphatic carbocycles. The molecule has 0 saturated carbocycles. The molecule has 1 aromatic heterocycles. The van der Waals surface area contributed by atoms with E-state index in [2.05, 4.69) is 10.6 Å². The van der Waals surface area contributed by atoms with Gasteiger partial charge in [0, 0.05) is 36.5 Å². The van der Waals surface area contributed by atoms with E-state index in [1.165, 1.54) is 14.2 Å². The Labute approximate surface area is 169 Å². The molecule has 8 heteroatoms. The summed E-state index contributed by atoms with van der Waals surface area (Å²) in [4.78, 5) is 37.1. The van der Waals surface area contributed by atoms with Crippen LogP contribution in [-0.4, -0.2) is 50.2 Å². The van der Waals surface area contributed by atoms with Crippen LogP contribution in [0.3, 0.4) is 0 Å². The van der Waals surface area contributed by atoms with E-state index >= 15 is 0 Å². The minimum absolute atomic E-state index is 0.111. The summed E-state index contributed by atoms with van der Waals surface area (Å²) in [6.07, 6.45) is 1.89. The highest BCUT2D eigenvalue weighted by atomic mass is 16.5. The van der Waals surface area contributed by atoms with Crippen LogP contribution in [0.15, 0.2) is 24.3 Å². The molecule has 0 unspecified atom stereocenters. The summed E-state index contributed by atoms with van der Waals surface area (Å²) in [5.41, 5.74) is 3.18. The molecule has 0 saturated heterocycles. The van der Waals surface area contributed by atoms with E-state index in [-0.39, 0.29) is 17.0 Å². The van der Waals surface area contributed by atoms with Crippen LogP contribution in [0.1, 0.15) is 39.3 Å². The monoisotopic (exact) mass is 399 g/mol. The number of methoxy groups -OCH3 is 2. The molecule has 1 amide bonds. The first-order valence-electron chi connectivity index (χ1n) is 9.48. The molecule has 154 valence electrons. The summed E-state index contributed by atoms with van der Waals surface area (Å²) in [6.45, 7) is 1.26. The predicted molar refractivity (Wildman–Crippen MR) is 108 cm³/mol. The number of fused-ring (bicyclic) bond motifs is 1. The van der Waals surface area contributed by atoms with Gasteiger partial charge in [0.25, 0.3) is 0 Å². The number of carbonyl (C=O) groups excluding carboxylic acids is 3. The molecule has 3 rings (SSSR count). The first-order chi connectivity index (χ1) is 14.0. The van der Waals surface area contributed by atoms with E-state index in [1.807, 2.05) is 10.6 Å². The van der Waals surface area contributed by atoms with Gasteiger partial charge >= 0.3 is 11.9 Å². The van der Waals surface area contributed by atoms with Crippen LogP contribution in [0.4, 0.5) is 5.69 Å². The molecule has 0 fully saturated rings. The highest BCUT2D eigenvalue weighted by molar-refractivity contribution is 6.09. The summed E-state index contributed by atoms with van der Waals surface area (Å²) in [5, 5.41) is 5.80. The second kappa shape index (κ2) is 8.91. The Balaban J connectivity index is 2.09. The predicted octanol–water partition coefficient (Wildman–Crippen LogP) is 2.22. The molecule has 1 aliphatic heterocycles. The standard InChI is InChI=1S/C21H25N3O5/c1-22-10-9-16(25)23-14-7-4-6-13(12-14)19-18(21(27)29-3)17(20(26)28-2)15-8-5-11-24(15)19/h4,6-7,12,22H,5,8-11H2,1-3H3,(H,23,25). The Morgan fingerprint density at radius 1 is 1.10 bits per heavy atom. The van der Waals surface area contributed by atoms with Crippen LogP contribution in [0.25, 0.3) is 11.3 Å². The van der Waals surface area contributed by atoms with Gasteiger partial charge in [-0.05, 0) is 32.0 Å². The van der Waals surface area contributed by atoms with Gasteiger partial charge in [-0.25, -0.2) is 9.59 Å². The third kappa shape index (κ3) is 4.02. The Morgan fingerprint density at radius 2 is 1.83 bits per heavy atom. The largest absolute Gasteiger partial charge is 0.465 e. The maximum Gasteiger partial charge on any atom is 0.340 e. The Bertz CT molecular complexity index is 948. The van der Waals surface area contributed by atoms with Gasteiger partial charge in [-0.15, -0.1) is 0 Å². The van der Waals surface area contributed by atoms with Crippen molar-refractivity contribution in [3.63, 3.8) is 0 Å². The van der Waals surface area contributed by atoms with Crippen molar-refractivity contribution < 1.29 is 23.9 Å². The van der Waals surface area contributed by atoms with Crippen molar-refractivity contribution in [2.24, 2.45) is 0 Å². The fourth-order valence-corrected chi connectivity index (χ4v) is 3.71. The molecule has 0 atom stereocenters. The topological polar surface area (TPSA) is 98.7 Å². The van der Waals surface area contributed by atoms with Gasteiger partial charge in [-0.3, -0.25) is 4.79 Å². The molecular formula is C21H25N3O5. The fourth-order valence-electron chi connectivity index (χ4n) is 3.71. The number of ether oxygens (including phenoxy) is 2. The van der Waals surface area contributed by atoms with Gasteiger partial charge in [-0.2, -0.15) is 0 Å². The van der Waals surface area contributed by atoms with Gasteiger partial charge in [-0.1, -0.05) is 12.1 Å². The number of anilines is 1. The van der Waals surface area contributed by atoms with Crippen molar-refractivity contribution in [1.29, 1.82) is 0 Å². The van der Waals surface area contributed by atoms with Gasteiger partial charge in [0.05, 0.1) is 25.5 Å². The normalized spacial score (nSPS) is 12.4. The zero-order valence-electron chi connectivity index (χ0n) is 16.8. The number of rotatable bonds is 7. The summed E-state index contributed by atoms with van der Waals surface area (Å²) in [5.74, 6) is -1.26. The SMILES string of the molecule is CNCCC(=O)Nc1cccc(-c2c(C(=O)OC)c(C(=O)OC)c3n2CCC3)c1. The molecular weight excluding hydrogens is 374 g/mol. The van der Waals surface area contributed by atoms with Gasteiger partial charge in [0.15, 0.2) is 0 Å². The Morgan fingerprint density at radius 3 is 2.52 bits per heavy atom. The summed E-state index contributed by atoms with van der Waals surface area (Å²) in [6, 6.07) is 7.23. The zero-order chi connectivity index (χ0) is 21.0. The number of hydrogen-bond donors (Lipinski definition) is 2. The maximum absolute atomic E-state index is 12.6. The van der Waals surface area contributed by atoms with Crippen LogP contribution in [0, 0.1) is 0 Å². The van der Waals surface area contributed by atoms with E-state index in [0.717, 1.165) is 17.7 Å². The van der Waals surface area contributed by atoms with Gasteiger partial charge in [0.1, 0.15) is 5.56 Å². The van der Waals surface area contributed by atoms with Crippen molar-refractivity contribution in [2.45, 2.75) is 25.8 Å². The number of hydrogen-bond acceptors (Lipinski definition) is 6. The summed E-state index contributed by atoms with van der Waals surface area (Å²) in [7, 11) is 4.37. The minimum atomic E-state index is -0.592. The van der Waals surface area contributed by atoms with Crippen molar-refractivity contribution >= 4 is 23.5 Å². The molecule has 1 aromatic carbocycles. The lowest BCUT2D eigenvalue weighted by Gasteiger charge is -2.12. The molecule has 0 spiro atoms. The first kappa shape index (κ1) is 20.6. The van der Waals surface area contributed by atoms with E-state index in [4.69, 9.17) is 9.47 Å². The lowest BCUT2D eigenvalue weighted by atomic mass is 10.0. The van der Waals surface area contributed by atoms with Crippen LogP contribution >= 0.6 is 0 Å². The number of benzene rings is 1. The second-order valence-electron chi connectivity index (χ2n) is 6.77. The van der Waals surface area contributed by atoms with Crippen molar-refractivity contribution in [3.05, 3.63) is 41.1 Å². The number of nitrogens with one attached hydrogen (secondary N) is 2. The van der Waals surface area contributed by atoms with Crippen molar-refractivity contribution in [1.82, 2.24) is 9.88 Å². The smallest absolute Gasteiger partial charge is 0.340 e. The minimum Gasteiger partial charge on any atom is -0.465 e. The molecule has 8 nitrogen and oxygen atoms in total. The molecule has 2 aromatic rings. The molecule has 1 aliphatic rings. The summed E-state index contributed by atoms with van der Waals surface area (Å²) >= 11 is 0. The third-order valence-electron chi connectivity index (χ3n) is 4.97. The number of aromatic nitrogens is 1. The lowest BCUT2D eigenvalue weighted by Crippen LogP contribution is -2.18. The Kier molecular flexibility index (Phi) is 6.33. The van der Waals surface area contributed by atoms with E-state index < -0.39 is 11.9 Å². The number of carbonyl (C=O) groups is 3.